The average molecular weight is 429 g/mol. The first-order valence-corrected chi connectivity index (χ1v) is 10.9. The Morgan fingerprint density at radius 2 is 1.78 bits per heavy atom. The van der Waals surface area contributed by atoms with Gasteiger partial charge in [-0.25, -0.2) is 4.98 Å². The molecule has 0 saturated carbocycles. The number of benzene rings is 2. The number of aromatic nitrogens is 2. The van der Waals surface area contributed by atoms with Crippen molar-refractivity contribution in [3.8, 4) is 11.1 Å². The van der Waals surface area contributed by atoms with Crippen LogP contribution < -0.4 is 5.32 Å². The van der Waals surface area contributed by atoms with Gasteiger partial charge in [0, 0.05) is 32.5 Å². The van der Waals surface area contributed by atoms with Crippen LogP contribution in [0.1, 0.15) is 34.5 Å². The average Bonchev–Trinajstić information content (AvgIpc) is 2.84. The molecule has 1 fully saturated rings. The number of nitrogens with one attached hydrogen (secondary N) is 1. The minimum absolute atomic E-state index is 0.0341. The van der Waals surface area contributed by atoms with Gasteiger partial charge in [-0.2, -0.15) is 0 Å². The van der Waals surface area contributed by atoms with Crippen LogP contribution in [0.15, 0.2) is 67.1 Å². The summed E-state index contributed by atoms with van der Waals surface area (Å²) < 4.78 is 0. The fourth-order valence-electron chi connectivity index (χ4n) is 4.49. The number of piperidine rings is 1. The minimum atomic E-state index is -0.529. The van der Waals surface area contributed by atoms with Crippen LogP contribution >= 0.6 is 0 Å². The van der Waals surface area contributed by atoms with E-state index in [9.17, 15) is 9.59 Å². The molecule has 1 saturated heterocycles. The van der Waals surface area contributed by atoms with Crippen molar-refractivity contribution in [3.05, 3.63) is 83.9 Å². The maximum atomic E-state index is 12.9. The first-order chi connectivity index (χ1) is 15.5. The SMILES string of the molecule is CNC(=O)C1(Cc2ccc(-c3cccc(C)c3)cc2)CCN(C(=O)c2cnccn2)CC1. The lowest BCUT2D eigenvalue weighted by atomic mass is 9.72. The molecule has 1 aliphatic rings. The van der Waals surface area contributed by atoms with Crippen molar-refractivity contribution in [2.45, 2.75) is 26.2 Å². The number of amides is 2. The Labute approximate surface area is 188 Å². The molecule has 0 spiro atoms. The Hall–Kier alpha value is -3.54. The monoisotopic (exact) mass is 428 g/mol. The number of likely N-dealkylation sites (tertiary alicyclic amines) is 1. The van der Waals surface area contributed by atoms with Gasteiger partial charge in [0.05, 0.1) is 11.6 Å². The first kappa shape index (κ1) is 21.7. The molecule has 0 unspecified atom stereocenters. The molecular formula is C26H28N4O2. The normalized spacial score (nSPS) is 15.2. The van der Waals surface area contributed by atoms with Crippen LogP contribution in [0.2, 0.25) is 0 Å². The molecule has 6 heteroatoms. The molecule has 1 aromatic heterocycles. The van der Waals surface area contributed by atoms with E-state index in [2.05, 4.69) is 70.7 Å². The summed E-state index contributed by atoms with van der Waals surface area (Å²) in [5.41, 5.74) is 4.52. The number of carbonyl (C=O) groups is 2. The van der Waals surface area contributed by atoms with Crippen molar-refractivity contribution >= 4 is 11.8 Å². The number of aryl methyl sites for hydroxylation is 1. The van der Waals surface area contributed by atoms with E-state index in [-0.39, 0.29) is 11.8 Å². The third-order valence-electron chi connectivity index (χ3n) is 6.35. The molecule has 164 valence electrons. The molecule has 2 amide bonds. The number of nitrogens with zero attached hydrogens (tertiary/aromatic N) is 3. The molecule has 0 aliphatic carbocycles. The second-order valence-corrected chi connectivity index (χ2v) is 8.49. The van der Waals surface area contributed by atoms with Gasteiger partial charge >= 0.3 is 0 Å². The van der Waals surface area contributed by atoms with Crippen molar-refractivity contribution in [2.75, 3.05) is 20.1 Å². The maximum absolute atomic E-state index is 12.9. The van der Waals surface area contributed by atoms with E-state index in [0.29, 0.717) is 38.0 Å². The topological polar surface area (TPSA) is 75.2 Å². The van der Waals surface area contributed by atoms with E-state index in [1.165, 1.54) is 23.5 Å². The maximum Gasteiger partial charge on any atom is 0.274 e. The highest BCUT2D eigenvalue weighted by Crippen LogP contribution is 2.36. The fourth-order valence-corrected chi connectivity index (χ4v) is 4.49. The molecule has 2 aromatic carbocycles. The molecule has 3 aromatic rings. The number of hydrogen-bond donors (Lipinski definition) is 1. The smallest absolute Gasteiger partial charge is 0.274 e. The Balaban J connectivity index is 1.48. The lowest BCUT2D eigenvalue weighted by Gasteiger charge is -2.40. The van der Waals surface area contributed by atoms with Gasteiger partial charge in [-0.05, 0) is 42.9 Å². The highest BCUT2D eigenvalue weighted by atomic mass is 16.2. The standard InChI is InChI=1S/C26H28N4O2/c1-19-4-3-5-22(16-19)21-8-6-20(7-9-21)17-26(25(32)27-2)10-14-30(15-11-26)24(31)23-18-28-12-13-29-23/h3-9,12-13,16,18H,10-11,14-15,17H2,1-2H3,(H,27,32). The van der Waals surface area contributed by atoms with Gasteiger partial charge in [0.25, 0.3) is 5.91 Å². The van der Waals surface area contributed by atoms with Crippen LogP contribution in [0.4, 0.5) is 0 Å². The zero-order valence-electron chi connectivity index (χ0n) is 18.5. The first-order valence-electron chi connectivity index (χ1n) is 10.9. The van der Waals surface area contributed by atoms with Crippen LogP contribution in [0, 0.1) is 12.3 Å². The van der Waals surface area contributed by atoms with Gasteiger partial charge in [-0.3, -0.25) is 14.6 Å². The predicted molar refractivity (Wildman–Crippen MR) is 124 cm³/mol. The fraction of sp³-hybridized carbons (Fsp3) is 0.308. The van der Waals surface area contributed by atoms with E-state index in [1.807, 2.05) is 0 Å². The Kier molecular flexibility index (Phi) is 6.30. The molecule has 0 radical (unpaired) electrons. The molecule has 0 atom stereocenters. The van der Waals surface area contributed by atoms with Crippen LogP contribution in [-0.2, 0) is 11.2 Å². The van der Waals surface area contributed by atoms with Crippen LogP contribution in [-0.4, -0.2) is 46.8 Å². The quantitative estimate of drug-likeness (QED) is 0.673. The summed E-state index contributed by atoms with van der Waals surface area (Å²) in [4.78, 5) is 35.5. The molecule has 4 rings (SSSR count). The molecule has 1 N–H and O–H groups in total. The van der Waals surface area contributed by atoms with Gasteiger partial charge in [0.15, 0.2) is 0 Å². The van der Waals surface area contributed by atoms with Crippen LogP contribution in [0.3, 0.4) is 0 Å². The van der Waals surface area contributed by atoms with Gasteiger partial charge in [-0.15, -0.1) is 0 Å². The minimum Gasteiger partial charge on any atom is -0.359 e. The van der Waals surface area contributed by atoms with E-state index in [1.54, 1.807) is 18.1 Å². The summed E-state index contributed by atoms with van der Waals surface area (Å²) >= 11 is 0. The van der Waals surface area contributed by atoms with Gasteiger partial charge in [-0.1, -0.05) is 54.1 Å². The largest absolute Gasteiger partial charge is 0.359 e. The van der Waals surface area contributed by atoms with Gasteiger partial charge in [0.2, 0.25) is 5.91 Å². The predicted octanol–water partition coefficient (Wildman–Crippen LogP) is 3.66. The summed E-state index contributed by atoms with van der Waals surface area (Å²) in [7, 11) is 1.68. The number of rotatable bonds is 5. The number of carbonyl (C=O) groups excluding carboxylic acids is 2. The molecule has 2 heterocycles. The van der Waals surface area contributed by atoms with Crippen LogP contribution in [0.5, 0.6) is 0 Å². The Bertz CT molecular complexity index is 1090. The van der Waals surface area contributed by atoms with E-state index >= 15 is 0 Å². The van der Waals surface area contributed by atoms with Crippen molar-refractivity contribution in [3.63, 3.8) is 0 Å². The second-order valence-electron chi connectivity index (χ2n) is 8.49. The molecule has 1 aliphatic heterocycles. The van der Waals surface area contributed by atoms with E-state index < -0.39 is 5.41 Å². The highest BCUT2D eigenvalue weighted by Gasteiger charge is 2.42. The number of hydrogen-bond acceptors (Lipinski definition) is 4. The lowest BCUT2D eigenvalue weighted by Crippen LogP contribution is -2.50. The summed E-state index contributed by atoms with van der Waals surface area (Å²) in [5, 5.41) is 2.85. The molecule has 6 nitrogen and oxygen atoms in total. The Morgan fingerprint density at radius 1 is 1.03 bits per heavy atom. The summed E-state index contributed by atoms with van der Waals surface area (Å²) in [6, 6.07) is 16.9. The van der Waals surface area contributed by atoms with Crippen LogP contribution in [0.25, 0.3) is 11.1 Å². The third-order valence-corrected chi connectivity index (χ3v) is 6.35. The van der Waals surface area contributed by atoms with Crippen molar-refractivity contribution in [1.82, 2.24) is 20.2 Å². The molecular weight excluding hydrogens is 400 g/mol. The van der Waals surface area contributed by atoms with Crippen molar-refractivity contribution < 1.29 is 9.59 Å². The highest BCUT2D eigenvalue weighted by molar-refractivity contribution is 5.92. The van der Waals surface area contributed by atoms with Gasteiger partial charge < -0.3 is 10.2 Å². The summed E-state index contributed by atoms with van der Waals surface area (Å²) in [6.45, 7) is 3.13. The Morgan fingerprint density at radius 3 is 2.41 bits per heavy atom. The second kappa shape index (κ2) is 9.30. The summed E-state index contributed by atoms with van der Waals surface area (Å²) in [5.74, 6) is -0.0991. The zero-order chi connectivity index (χ0) is 22.6. The van der Waals surface area contributed by atoms with E-state index in [4.69, 9.17) is 0 Å². The van der Waals surface area contributed by atoms with Crippen molar-refractivity contribution in [2.24, 2.45) is 5.41 Å². The zero-order valence-corrected chi connectivity index (χ0v) is 18.5. The lowest BCUT2D eigenvalue weighted by molar-refractivity contribution is -0.133. The summed E-state index contributed by atoms with van der Waals surface area (Å²) in [6.07, 6.45) is 6.42. The van der Waals surface area contributed by atoms with Crippen molar-refractivity contribution in [1.29, 1.82) is 0 Å². The molecule has 32 heavy (non-hydrogen) atoms. The van der Waals surface area contributed by atoms with E-state index in [0.717, 1.165) is 11.1 Å². The third kappa shape index (κ3) is 4.54. The van der Waals surface area contributed by atoms with Gasteiger partial charge in [0.1, 0.15) is 5.69 Å². The molecule has 0 bridgehead atoms.